The monoisotopic (exact) mass is 334 g/mol. The first-order valence-electron chi connectivity index (χ1n) is 7.79. The summed E-state index contributed by atoms with van der Waals surface area (Å²) < 4.78 is 1.92. The van der Waals surface area contributed by atoms with Crippen molar-refractivity contribution in [2.45, 2.75) is 26.8 Å². The minimum Gasteiger partial charge on any atom is -0.357 e. The lowest BCUT2D eigenvalue weighted by atomic mass is 10.2. The molecule has 0 fully saturated rings. The molecule has 2 aromatic heterocycles. The smallest absolute Gasteiger partial charge is 0.191 e. The Morgan fingerprint density at radius 2 is 2.17 bits per heavy atom. The van der Waals surface area contributed by atoms with Gasteiger partial charge in [0, 0.05) is 32.0 Å². The third-order valence-electron chi connectivity index (χ3n) is 3.20. The van der Waals surface area contributed by atoms with Gasteiger partial charge in [0.1, 0.15) is 5.15 Å². The number of pyridine rings is 1. The molecular formula is C16H23ClN6. The number of guanidine groups is 1. The highest BCUT2D eigenvalue weighted by atomic mass is 35.5. The average molecular weight is 335 g/mol. The predicted molar refractivity (Wildman–Crippen MR) is 93.9 cm³/mol. The zero-order chi connectivity index (χ0) is 16.5. The van der Waals surface area contributed by atoms with Crippen LogP contribution >= 0.6 is 11.6 Å². The van der Waals surface area contributed by atoms with Crippen molar-refractivity contribution in [2.24, 2.45) is 4.99 Å². The number of aromatic nitrogens is 3. The van der Waals surface area contributed by atoms with E-state index in [2.05, 4.69) is 32.6 Å². The molecule has 2 aromatic rings. The van der Waals surface area contributed by atoms with E-state index in [-0.39, 0.29) is 0 Å². The molecule has 0 aliphatic rings. The first-order chi connectivity index (χ1) is 11.2. The second-order valence-electron chi connectivity index (χ2n) is 5.21. The van der Waals surface area contributed by atoms with Crippen LogP contribution in [0.5, 0.6) is 0 Å². The van der Waals surface area contributed by atoms with Gasteiger partial charge in [0.15, 0.2) is 5.96 Å². The van der Waals surface area contributed by atoms with Gasteiger partial charge in [-0.15, -0.1) is 0 Å². The van der Waals surface area contributed by atoms with E-state index in [1.165, 1.54) is 5.56 Å². The van der Waals surface area contributed by atoms with E-state index in [9.17, 15) is 0 Å². The van der Waals surface area contributed by atoms with Gasteiger partial charge in [0.2, 0.25) is 0 Å². The number of nitrogens with zero attached hydrogens (tertiary/aromatic N) is 4. The van der Waals surface area contributed by atoms with Crippen LogP contribution in [-0.2, 0) is 13.0 Å². The van der Waals surface area contributed by atoms with E-state index >= 15 is 0 Å². The van der Waals surface area contributed by atoms with Crippen molar-refractivity contribution in [1.82, 2.24) is 25.4 Å². The molecule has 0 aromatic carbocycles. The van der Waals surface area contributed by atoms with Gasteiger partial charge in [-0.2, -0.15) is 5.10 Å². The summed E-state index contributed by atoms with van der Waals surface area (Å²) in [4.78, 5) is 8.65. The molecule has 124 valence electrons. The summed E-state index contributed by atoms with van der Waals surface area (Å²) >= 11 is 5.78. The highest BCUT2D eigenvalue weighted by Gasteiger charge is 1.99. The summed E-state index contributed by atoms with van der Waals surface area (Å²) in [5.74, 6) is 0.818. The maximum Gasteiger partial charge on any atom is 0.191 e. The Morgan fingerprint density at radius 3 is 2.83 bits per heavy atom. The molecule has 2 rings (SSSR count). The lowest BCUT2D eigenvalue weighted by molar-refractivity contribution is 0.597. The molecule has 0 bridgehead atoms. The van der Waals surface area contributed by atoms with Crippen molar-refractivity contribution in [2.75, 3.05) is 19.6 Å². The number of hydrogen-bond donors (Lipinski definition) is 2. The van der Waals surface area contributed by atoms with Crippen molar-refractivity contribution >= 4 is 17.6 Å². The minimum atomic E-state index is 0.515. The van der Waals surface area contributed by atoms with Crippen molar-refractivity contribution in [3.63, 3.8) is 0 Å². The summed E-state index contributed by atoms with van der Waals surface area (Å²) in [5, 5.41) is 11.3. The van der Waals surface area contributed by atoms with E-state index in [0.29, 0.717) is 11.7 Å². The Labute approximate surface area is 142 Å². The zero-order valence-electron chi connectivity index (χ0n) is 13.6. The minimum absolute atomic E-state index is 0.515. The Morgan fingerprint density at radius 1 is 1.30 bits per heavy atom. The molecule has 0 saturated heterocycles. The molecule has 0 atom stereocenters. The number of nitrogens with one attached hydrogen (secondary N) is 2. The Bertz CT molecular complexity index is 620. The Kier molecular flexibility index (Phi) is 6.87. The normalized spacial score (nSPS) is 11.5. The van der Waals surface area contributed by atoms with E-state index in [0.717, 1.165) is 37.6 Å². The van der Waals surface area contributed by atoms with Gasteiger partial charge in [-0.1, -0.05) is 17.7 Å². The fourth-order valence-corrected chi connectivity index (χ4v) is 2.18. The molecule has 0 saturated carbocycles. The third-order valence-corrected chi connectivity index (χ3v) is 3.42. The maximum atomic E-state index is 5.78. The van der Waals surface area contributed by atoms with Crippen LogP contribution in [0.3, 0.4) is 0 Å². The highest BCUT2D eigenvalue weighted by molar-refractivity contribution is 6.29. The first kappa shape index (κ1) is 17.3. The molecule has 0 unspecified atom stereocenters. The van der Waals surface area contributed by atoms with Gasteiger partial charge in [-0.05, 0) is 37.5 Å². The highest BCUT2D eigenvalue weighted by Crippen LogP contribution is 2.05. The topological polar surface area (TPSA) is 67.1 Å². The molecule has 0 radical (unpaired) electrons. The van der Waals surface area contributed by atoms with Gasteiger partial charge in [-0.3, -0.25) is 9.67 Å². The molecule has 2 N–H and O–H groups in total. The van der Waals surface area contributed by atoms with Gasteiger partial charge in [-0.25, -0.2) is 4.98 Å². The molecule has 0 spiro atoms. The van der Waals surface area contributed by atoms with Crippen LogP contribution in [0.2, 0.25) is 5.15 Å². The number of aryl methyl sites for hydroxylation is 1. The Hall–Kier alpha value is -2.08. The van der Waals surface area contributed by atoms with E-state index in [1.807, 2.05) is 30.1 Å². The van der Waals surface area contributed by atoms with Gasteiger partial charge in [0.05, 0.1) is 12.7 Å². The van der Waals surface area contributed by atoms with E-state index in [1.54, 1.807) is 12.3 Å². The van der Waals surface area contributed by atoms with Gasteiger partial charge in [0.25, 0.3) is 0 Å². The number of rotatable bonds is 7. The average Bonchev–Trinajstić information content (AvgIpc) is 2.95. The van der Waals surface area contributed by atoms with Crippen LogP contribution in [0.15, 0.2) is 35.7 Å². The quantitative estimate of drug-likeness (QED) is 0.462. The van der Waals surface area contributed by atoms with E-state index in [4.69, 9.17) is 11.6 Å². The summed E-state index contributed by atoms with van der Waals surface area (Å²) in [6.07, 6.45) is 6.51. The number of aliphatic imine (C=N–C) groups is 1. The summed E-state index contributed by atoms with van der Waals surface area (Å²) in [6, 6.07) is 3.78. The molecule has 0 amide bonds. The molecule has 0 aliphatic carbocycles. The lowest BCUT2D eigenvalue weighted by Crippen LogP contribution is -2.39. The van der Waals surface area contributed by atoms with Crippen molar-refractivity contribution in [3.8, 4) is 0 Å². The molecule has 0 aliphatic heterocycles. The maximum absolute atomic E-state index is 5.78. The van der Waals surface area contributed by atoms with Crippen molar-refractivity contribution in [1.29, 1.82) is 0 Å². The summed E-state index contributed by atoms with van der Waals surface area (Å²) in [5.41, 5.74) is 2.29. The van der Waals surface area contributed by atoms with Crippen LogP contribution in [0.25, 0.3) is 0 Å². The zero-order valence-corrected chi connectivity index (χ0v) is 14.3. The molecule has 23 heavy (non-hydrogen) atoms. The number of hydrogen-bond acceptors (Lipinski definition) is 3. The standard InChI is InChI=1S/C16H23ClN6/c1-3-18-16(20-8-9-23-12-13(2)10-22-23)19-7-6-14-4-5-15(17)21-11-14/h4-5,10-12H,3,6-9H2,1-2H3,(H2,18,19,20). The largest absolute Gasteiger partial charge is 0.357 e. The SMILES string of the molecule is CCNC(=NCCc1ccc(Cl)nc1)NCCn1cc(C)cn1. The van der Waals surface area contributed by atoms with Crippen LogP contribution in [-0.4, -0.2) is 40.4 Å². The predicted octanol–water partition coefficient (Wildman–Crippen LogP) is 2.04. The summed E-state index contributed by atoms with van der Waals surface area (Å²) in [6.45, 7) is 7.19. The van der Waals surface area contributed by atoms with Crippen LogP contribution in [0, 0.1) is 6.92 Å². The second kappa shape index (κ2) is 9.15. The van der Waals surface area contributed by atoms with Gasteiger partial charge < -0.3 is 10.6 Å². The summed E-state index contributed by atoms with van der Waals surface area (Å²) in [7, 11) is 0. The Balaban J connectivity index is 1.78. The third kappa shape index (κ3) is 6.28. The van der Waals surface area contributed by atoms with Crippen LogP contribution < -0.4 is 10.6 Å². The van der Waals surface area contributed by atoms with Crippen LogP contribution in [0.4, 0.5) is 0 Å². The molecule has 7 heteroatoms. The van der Waals surface area contributed by atoms with Crippen molar-refractivity contribution < 1.29 is 0 Å². The fourth-order valence-electron chi connectivity index (χ4n) is 2.07. The number of halogens is 1. The lowest BCUT2D eigenvalue weighted by Gasteiger charge is -2.11. The van der Waals surface area contributed by atoms with Gasteiger partial charge >= 0.3 is 0 Å². The molecule has 2 heterocycles. The fraction of sp³-hybridized carbons (Fsp3) is 0.438. The van der Waals surface area contributed by atoms with Crippen LogP contribution in [0.1, 0.15) is 18.1 Å². The molecular weight excluding hydrogens is 312 g/mol. The second-order valence-corrected chi connectivity index (χ2v) is 5.59. The van der Waals surface area contributed by atoms with Crippen molar-refractivity contribution in [3.05, 3.63) is 47.0 Å². The molecule has 6 nitrogen and oxygen atoms in total. The first-order valence-corrected chi connectivity index (χ1v) is 8.17. The van der Waals surface area contributed by atoms with E-state index < -0.39 is 0 Å².